The van der Waals surface area contributed by atoms with Crippen molar-refractivity contribution in [3.05, 3.63) is 60.7 Å². The molecule has 40 heavy (non-hydrogen) atoms. The number of pyridine rings is 2. The first kappa shape index (κ1) is 26.8. The third kappa shape index (κ3) is 5.21. The summed E-state index contributed by atoms with van der Waals surface area (Å²) < 4.78 is 5.07. The van der Waals surface area contributed by atoms with E-state index in [1.165, 1.54) is 110 Å². The zero-order chi connectivity index (χ0) is 27.3. The lowest BCUT2D eigenvalue weighted by molar-refractivity contribution is 0.568. The summed E-state index contributed by atoms with van der Waals surface area (Å²) in [6, 6.07) is 21.9. The quantitative estimate of drug-likeness (QED) is 0.131. The van der Waals surface area contributed by atoms with Crippen LogP contribution in [0.4, 0.5) is 0 Å². The molecule has 2 aromatic carbocycles. The van der Waals surface area contributed by atoms with Gasteiger partial charge in [-0.15, -0.1) is 0 Å². The molecule has 0 N–H and O–H groups in total. The third-order valence-electron chi connectivity index (χ3n) is 8.66. The monoisotopic (exact) mass is 532 g/mol. The van der Waals surface area contributed by atoms with E-state index < -0.39 is 0 Å². The van der Waals surface area contributed by atoms with Crippen LogP contribution in [0.3, 0.4) is 0 Å². The van der Waals surface area contributed by atoms with Crippen LogP contribution >= 0.6 is 0 Å². The van der Waals surface area contributed by atoms with Crippen molar-refractivity contribution in [3.8, 4) is 0 Å². The highest BCUT2D eigenvalue weighted by Crippen LogP contribution is 2.38. The van der Waals surface area contributed by atoms with Gasteiger partial charge in [-0.2, -0.15) is 0 Å². The Hall–Kier alpha value is -3.40. The number of unbranched alkanes of at least 4 members (excludes halogenated alkanes) is 10. The Bertz CT molecular complexity index is 1610. The Labute approximate surface area is 238 Å². The molecule has 208 valence electrons. The standard InChI is InChI=1S/C36H44N4/c1-3-5-7-9-11-17-23-39-33-29-25-27-19-14-16-22-32(27)38-36(29)40(24-18-12-10-8-6-4-2)34(33)30-26-28-20-13-15-21-31(28)37-35(30)39/h13-16,19-22,25-26H,3-12,17-18,23-24H2,1-2H3. The topological polar surface area (TPSA) is 35.6 Å². The maximum Gasteiger partial charge on any atom is 0.143 e. The summed E-state index contributed by atoms with van der Waals surface area (Å²) >= 11 is 0. The molecule has 0 aliphatic carbocycles. The lowest BCUT2D eigenvalue weighted by Gasteiger charge is -2.09. The second-order valence-electron chi connectivity index (χ2n) is 11.6. The summed E-state index contributed by atoms with van der Waals surface area (Å²) in [6.07, 6.45) is 15.5. The Morgan fingerprint density at radius 3 is 1.35 bits per heavy atom. The van der Waals surface area contributed by atoms with Crippen LogP contribution in [0.2, 0.25) is 0 Å². The van der Waals surface area contributed by atoms with E-state index in [0.717, 1.165) is 35.4 Å². The van der Waals surface area contributed by atoms with Crippen molar-refractivity contribution in [3.63, 3.8) is 0 Å². The van der Waals surface area contributed by atoms with E-state index in [1.807, 2.05) is 0 Å². The van der Waals surface area contributed by atoms with Gasteiger partial charge in [0.15, 0.2) is 0 Å². The van der Waals surface area contributed by atoms with Crippen molar-refractivity contribution in [2.75, 3.05) is 0 Å². The number of fused-ring (bicyclic) bond motifs is 7. The van der Waals surface area contributed by atoms with Crippen molar-refractivity contribution >= 4 is 54.9 Å². The molecule has 0 aliphatic rings. The molecule has 0 aliphatic heterocycles. The summed E-state index contributed by atoms with van der Waals surface area (Å²) in [4.78, 5) is 10.6. The first-order valence-corrected chi connectivity index (χ1v) is 15.9. The van der Waals surface area contributed by atoms with Crippen LogP contribution in [0.1, 0.15) is 90.9 Å². The molecule has 4 heteroatoms. The predicted octanol–water partition coefficient (Wildman–Crippen LogP) is 10.6. The smallest absolute Gasteiger partial charge is 0.143 e. The van der Waals surface area contributed by atoms with Crippen LogP contribution in [0, 0.1) is 0 Å². The number of rotatable bonds is 14. The molecule has 0 amide bonds. The Morgan fingerprint density at radius 2 is 0.900 bits per heavy atom. The predicted molar refractivity (Wildman–Crippen MR) is 172 cm³/mol. The summed E-state index contributed by atoms with van der Waals surface area (Å²) in [7, 11) is 0. The van der Waals surface area contributed by atoms with E-state index in [-0.39, 0.29) is 0 Å². The third-order valence-corrected chi connectivity index (χ3v) is 8.66. The molecule has 0 saturated carbocycles. The van der Waals surface area contributed by atoms with E-state index in [9.17, 15) is 0 Å². The maximum absolute atomic E-state index is 5.29. The van der Waals surface area contributed by atoms with Crippen LogP contribution in [-0.2, 0) is 13.1 Å². The average molecular weight is 533 g/mol. The fraction of sp³-hybridized carbons (Fsp3) is 0.444. The molecule has 4 aromatic heterocycles. The number of benzene rings is 2. The van der Waals surface area contributed by atoms with Gasteiger partial charge in [0, 0.05) is 34.6 Å². The maximum atomic E-state index is 5.29. The van der Waals surface area contributed by atoms with Crippen molar-refractivity contribution in [1.29, 1.82) is 0 Å². The number of hydrogen-bond donors (Lipinski definition) is 0. The average Bonchev–Trinajstić information content (AvgIpc) is 3.46. The van der Waals surface area contributed by atoms with Gasteiger partial charge in [-0.25, -0.2) is 9.97 Å². The molecule has 0 atom stereocenters. The van der Waals surface area contributed by atoms with E-state index in [4.69, 9.17) is 9.97 Å². The normalized spacial score (nSPS) is 12.2. The van der Waals surface area contributed by atoms with E-state index in [2.05, 4.69) is 83.6 Å². The molecule has 0 fully saturated rings. The van der Waals surface area contributed by atoms with Gasteiger partial charge in [-0.1, -0.05) is 114 Å². The summed E-state index contributed by atoms with van der Waals surface area (Å²) in [5.74, 6) is 0. The largest absolute Gasteiger partial charge is 0.323 e. The molecular weight excluding hydrogens is 488 g/mol. The number of hydrogen-bond acceptors (Lipinski definition) is 2. The number of para-hydroxylation sites is 2. The summed E-state index contributed by atoms with van der Waals surface area (Å²) in [5.41, 5.74) is 7.06. The highest BCUT2D eigenvalue weighted by molar-refractivity contribution is 6.19. The van der Waals surface area contributed by atoms with Gasteiger partial charge in [0.05, 0.1) is 22.1 Å². The molecule has 4 heterocycles. The zero-order valence-electron chi connectivity index (χ0n) is 24.5. The SMILES string of the molecule is CCCCCCCCn1c2nc3ccccc3cc2c2c1c1cc3ccccc3nc1n2CCCCCCCC. The Kier molecular flexibility index (Phi) is 8.32. The highest BCUT2D eigenvalue weighted by atomic mass is 15.1. The lowest BCUT2D eigenvalue weighted by atomic mass is 10.1. The second kappa shape index (κ2) is 12.4. The second-order valence-corrected chi connectivity index (χ2v) is 11.6. The van der Waals surface area contributed by atoms with Gasteiger partial charge in [0.2, 0.25) is 0 Å². The van der Waals surface area contributed by atoms with Crippen LogP contribution in [0.5, 0.6) is 0 Å². The number of nitrogens with zero attached hydrogens (tertiary/aromatic N) is 4. The zero-order valence-corrected chi connectivity index (χ0v) is 24.5. The molecule has 0 bridgehead atoms. The molecule has 0 unspecified atom stereocenters. The van der Waals surface area contributed by atoms with Gasteiger partial charge >= 0.3 is 0 Å². The minimum Gasteiger partial charge on any atom is -0.323 e. The highest BCUT2D eigenvalue weighted by Gasteiger charge is 2.22. The minimum atomic E-state index is 1.00. The van der Waals surface area contributed by atoms with E-state index in [1.54, 1.807) is 0 Å². The molecule has 0 radical (unpaired) electrons. The fourth-order valence-corrected chi connectivity index (χ4v) is 6.52. The van der Waals surface area contributed by atoms with Crippen LogP contribution in [0.25, 0.3) is 54.9 Å². The van der Waals surface area contributed by atoms with E-state index >= 15 is 0 Å². The molecule has 0 saturated heterocycles. The van der Waals surface area contributed by atoms with Crippen LogP contribution < -0.4 is 0 Å². The van der Waals surface area contributed by atoms with Crippen molar-refractivity contribution in [2.24, 2.45) is 0 Å². The van der Waals surface area contributed by atoms with Gasteiger partial charge in [-0.05, 0) is 37.1 Å². The molecule has 6 aromatic rings. The van der Waals surface area contributed by atoms with Crippen LogP contribution in [0.15, 0.2) is 60.7 Å². The van der Waals surface area contributed by atoms with Crippen LogP contribution in [-0.4, -0.2) is 19.1 Å². The number of aromatic nitrogens is 4. The summed E-state index contributed by atoms with van der Waals surface area (Å²) in [5, 5.41) is 4.96. The minimum absolute atomic E-state index is 1.00. The summed E-state index contributed by atoms with van der Waals surface area (Å²) in [6.45, 7) is 6.58. The van der Waals surface area contributed by atoms with Crippen molar-refractivity contribution < 1.29 is 0 Å². The fourth-order valence-electron chi connectivity index (χ4n) is 6.52. The van der Waals surface area contributed by atoms with Crippen molar-refractivity contribution in [2.45, 2.75) is 104 Å². The van der Waals surface area contributed by atoms with Gasteiger partial charge in [0.1, 0.15) is 11.3 Å². The number of aryl methyl sites for hydroxylation is 2. The van der Waals surface area contributed by atoms with Crippen molar-refractivity contribution in [1.82, 2.24) is 19.1 Å². The first-order chi connectivity index (χ1) is 19.8. The first-order valence-electron chi connectivity index (χ1n) is 15.9. The molecule has 6 rings (SSSR count). The van der Waals surface area contributed by atoms with E-state index in [0.29, 0.717) is 0 Å². The molecule has 4 nitrogen and oxygen atoms in total. The van der Waals surface area contributed by atoms with Gasteiger partial charge < -0.3 is 9.13 Å². The van der Waals surface area contributed by atoms with Gasteiger partial charge in [-0.3, -0.25) is 0 Å². The Balaban J connectivity index is 1.51. The molecule has 0 spiro atoms. The van der Waals surface area contributed by atoms with Gasteiger partial charge in [0.25, 0.3) is 0 Å². The molecular formula is C36H44N4. The lowest BCUT2D eigenvalue weighted by Crippen LogP contribution is -2.00. The Morgan fingerprint density at radius 1 is 0.500 bits per heavy atom.